The number of hydrogen-bond acceptors (Lipinski definition) is 4. The van der Waals surface area contributed by atoms with Gasteiger partial charge < -0.3 is 4.98 Å². The molecule has 0 saturated heterocycles. The average molecular weight is 227 g/mol. The average Bonchev–Trinajstić information content (AvgIpc) is 2.72. The Hall–Kier alpha value is -2.50. The summed E-state index contributed by atoms with van der Waals surface area (Å²) in [7, 11) is 0. The molecule has 3 aromatic heterocycles. The van der Waals surface area contributed by atoms with Crippen molar-refractivity contribution in [1.29, 1.82) is 0 Å². The minimum Gasteiger partial charge on any atom is -0.335 e. The van der Waals surface area contributed by atoms with E-state index in [1.165, 1.54) is 6.07 Å². The number of hydrogen-bond donors (Lipinski definition) is 2. The first kappa shape index (κ1) is 9.71. The van der Waals surface area contributed by atoms with Crippen molar-refractivity contribution in [2.24, 2.45) is 0 Å². The first-order valence-electron chi connectivity index (χ1n) is 5.11. The van der Waals surface area contributed by atoms with E-state index in [0.29, 0.717) is 17.2 Å². The van der Waals surface area contributed by atoms with Gasteiger partial charge in [-0.3, -0.25) is 4.79 Å². The predicted molar refractivity (Wildman–Crippen MR) is 62.5 cm³/mol. The third-order valence-corrected chi connectivity index (χ3v) is 2.40. The van der Waals surface area contributed by atoms with Crippen LogP contribution in [0.5, 0.6) is 0 Å². The standard InChI is InChI=1S/C11H9N5O/c1-6-4-8-10(12-5-6)14-11(13-8)7-2-3-9(17)16-15-7/h2-5H,1H3,(H,16,17)(H,12,13,14). The Bertz CT molecular complexity index is 722. The molecule has 0 aromatic carbocycles. The first-order chi connectivity index (χ1) is 8.22. The highest BCUT2D eigenvalue weighted by molar-refractivity contribution is 5.75. The van der Waals surface area contributed by atoms with Crippen molar-refractivity contribution < 1.29 is 0 Å². The lowest BCUT2D eigenvalue weighted by Gasteiger charge is -1.91. The van der Waals surface area contributed by atoms with E-state index in [-0.39, 0.29) is 5.56 Å². The number of aromatic nitrogens is 5. The van der Waals surface area contributed by atoms with Crippen LogP contribution in [0.15, 0.2) is 29.2 Å². The summed E-state index contributed by atoms with van der Waals surface area (Å²) in [6.45, 7) is 1.96. The highest BCUT2D eigenvalue weighted by atomic mass is 16.1. The molecule has 84 valence electrons. The summed E-state index contributed by atoms with van der Waals surface area (Å²) in [5, 5.41) is 6.28. The number of nitrogens with one attached hydrogen (secondary N) is 2. The third kappa shape index (κ3) is 1.69. The van der Waals surface area contributed by atoms with Gasteiger partial charge in [-0.25, -0.2) is 15.1 Å². The number of pyridine rings is 1. The number of fused-ring (bicyclic) bond motifs is 1. The summed E-state index contributed by atoms with van der Waals surface area (Å²) >= 11 is 0. The van der Waals surface area contributed by atoms with Crippen LogP contribution in [0.2, 0.25) is 0 Å². The molecule has 0 saturated carbocycles. The second-order valence-corrected chi connectivity index (χ2v) is 3.78. The van der Waals surface area contributed by atoms with Gasteiger partial charge >= 0.3 is 0 Å². The summed E-state index contributed by atoms with van der Waals surface area (Å²) < 4.78 is 0. The number of imidazole rings is 1. The fraction of sp³-hybridized carbons (Fsp3) is 0.0909. The Kier molecular flexibility index (Phi) is 2.01. The van der Waals surface area contributed by atoms with Crippen LogP contribution in [-0.2, 0) is 0 Å². The van der Waals surface area contributed by atoms with Crippen molar-refractivity contribution in [2.75, 3.05) is 0 Å². The lowest BCUT2D eigenvalue weighted by molar-refractivity contribution is 0.985. The Balaban J connectivity index is 2.17. The molecule has 6 heteroatoms. The van der Waals surface area contributed by atoms with E-state index in [4.69, 9.17) is 0 Å². The first-order valence-corrected chi connectivity index (χ1v) is 5.11. The third-order valence-electron chi connectivity index (χ3n) is 2.40. The fourth-order valence-electron chi connectivity index (χ4n) is 1.60. The van der Waals surface area contributed by atoms with Gasteiger partial charge in [0.1, 0.15) is 5.69 Å². The molecular weight excluding hydrogens is 218 g/mol. The number of aryl methyl sites for hydroxylation is 1. The van der Waals surface area contributed by atoms with E-state index < -0.39 is 0 Å². The minimum absolute atomic E-state index is 0.237. The molecule has 0 aliphatic rings. The summed E-state index contributed by atoms with van der Waals surface area (Å²) in [6.07, 6.45) is 1.76. The van der Waals surface area contributed by atoms with Gasteiger partial charge in [0.25, 0.3) is 5.56 Å². The second-order valence-electron chi connectivity index (χ2n) is 3.78. The zero-order valence-electron chi connectivity index (χ0n) is 9.06. The predicted octanol–water partition coefficient (Wildman–Crippen LogP) is 1.02. The van der Waals surface area contributed by atoms with E-state index in [1.54, 1.807) is 12.3 Å². The van der Waals surface area contributed by atoms with Crippen LogP contribution < -0.4 is 5.56 Å². The fourth-order valence-corrected chi connectivity index (χ4v) is 1.60. The largest absolute Gasteiger partial charge is 0.335 e. The van der Waals surface area contributed by atoms with Gasteiger partial charge in [0, 0.05) is 12.3 Å². The van der Waals surface area contributed by atoms with Crippen LogP contribution in [0.1, 0.15) is 5.56 Å². The zero-order valence-corrected chi connectivity index (χ0v) is 9.06. The summed E-state index contributed by atoms with van der Waals surface area (Å²) in [5.74, 6) is 0.592. The van der Waals surface area contributed by atoms with Gasteiger partial charge in [0.2, 0.25) is 0 Å². The summed E-state index contributed by atoms with van der Waals surface area (Å²) in [4.78, 5) is 22.5. The molecule has 6 nitrogen and oxygen atoms in total. The maximum absolute atomic E-state index is 10.9. The molecule has 0 radical (unpaired) electrons. The molecule has 0 spiro atoms. The Morgan fingerprint density at radius 3 is 2.94 bits per heavy atom. The lowest BCUT2D eigenvalue weighted by Crippen LogP contribution is -2.05. The maximum atomic E-state index is 10.9. The zero-order chi connectivity index (χ0) is 11.8. The number of aromatic amines is 2. The maximum Gasteiger partial charge on any atom is 0.264 e. The van der Waals surface area contributed by atoms with Crippen molar-refractivity contribution >= 4 is 11.2 Å². The highest BCUT2D eigenvalue weighted by Gasteiger charge is 2.07. The van der Waals surface area contributed by atoms with Gasteiger partial charge in [0.05, 0.1) is 5.52 Å². The van der Waals surface area contributed by atoms with Crippen molar-refractivity contribution in [3.63, 3.8) is 0 Å². The smallest absolute Gasteiger partial charge is 0.264 e. The molecule has 3 aromatic rings. The molecule has 3 heterocycles. The van der Waals surface area contributed by atoms with Gasteiger partial charge in [-0.1, -0.05) is 0 Å². The van der Waals surface area contributed by atoms with Gasteiger partial charge in [-0.05, 0) is 24.6 Å². The molecule has 0 bridgehead atoms. The van der Waals surface area contributed by atoms with Crippen molar-refractivity contribution in [2.45, 2.75) is 6.92 Å². The van der Waals surface area contributed by atoms with Gasteiger partial charge in [-0.2, -0.15) is 5.10 Å². The van der Waals surface area contributed by atoms with Crippen LogP contribution in [0.4, 0.5) is 0 Å². The van der Waals surface area contributed by atoms with Crippen LogP contribution in [0, 0.1) is 6.92 Å². The van der Waals surface area contributed by atoms with Gasteiger partial charge in [0.15, 0.2) is 11.5 Å². The summed E-state index contributed by atoms with van der Waals surface area (Å²) in [5.41, 5.74) is 2.90. The quantitative estimate of drug-likeness (QED) is 0.649. The van der Waals surface area contributed by atoms with Crippen LogP contribution >= 0.6 is 0 Å². The molecule has 0 unspecified atom stereocenters. The van der Waals surface area contributed by atoms with E-state index in [0.717, 1.165) is 11.1 Å². The van der Waals surface area contributed by atoms with Crippen molar-refractivity contribution in [3.8, 4) is 11.5 Å². The summed E-state index contributed by atoms with van der Waals surface area (Å²) in [6, 6.07) is 4.99. The van der Waals surface area contributed by atoms with Crippen molar-refractivity contribution in [3.05, 3.63) is 40.3 Å². The molecule has 2 N–H and O–H groups in total. The topological polar surface area (TPSA) is 87.3 Å². The molecule has 0 amide bonds. The minimum atomic E-state index is -0.237. The lowest BCUT2D eigenvalue weighted by atomic mass is 10.3. The number of rotatable bonds is 1. The van der Waals surface area contributed by atoms with Crippen LogP contribution in [-0.4, -0.2) is 25.1 Å². The van der Waals surface area contributed by atoms with E-state index >= 15 is 0 Å². The Morgan fingerprint density at radius 2 is 2.18 bits per heavy atom. The molecule has 0 aliphatic carbocycles. The number of nitrogens with zero attached hydrogens (tertiary/aromatic N) is 3. The molecule has 0 fully saturated rings. The van der Waals surface area contributed by atoms with E-state index in [2.05, 4.69) is 25.1 Å². The molecule has 0 aliphatic heterocycles. The van der Waals surface area contributed by atoms with Crippen LogP contribution in [0.25, 0.3) is 22.7 Å². The monoisotopic (exact) mass is 227 g/mol. The van der Waals surface area contributed by atoms with Crippen LogP contribution in [0.3, 0.4) is 0 Å². The van der Waals surface area contributed by atoms with E-state index in [1.807, 2.05) is 13.0 Å². The van der Waals surface area contributed by atoms with Gasteiger partial charge in [-0.15, -0.1) is 0 Å². The molecule has 0 atom stereocenters. The second kappa shape index (κ2) is 3.51. The number of H-pyrrole nitrogens is 2. The van der Waals surface area contributed by atoms with E-state index in [9.17, 15) is 4.79 Å². The molecule has 17 heavy (non-hydrogen) atoms. The normalized spacial score (nSPS) is 10.9. The van der Waals surface area contributed by atoms with Crippen molar-refractivity contribution in [1.82, 2.24) is 25.1 Å². The molecule has 3 rings (SSSR count). The Morgan fingerprint density at radius 1 is 1.29 bits per heavy atom. The SMILES string of the molecule is Cc1cnc2nc(-c3ccc(=O)[nH]n3)[nH]c2c1. The Labute approximate surface area is 95.8 Å². The highest BCUT2D eigenvalue weighted by Crippen LogP contribution is 2.16. The molecular formula is C11H9N5O.